The fraction of sp³-hybridized carbons (Fsp3) is 0.190. The average Bonchev–Trinajstić information content (AvgIpc) is 3.10. The Morgan fingerprint density at radius 3 is 2.64 bits per heavy atom. The van der Waals surface area contributed by atoms with E-state index in [1.165, 1.54) is 24.3 Å². The highest BCUT2D eigenvalue weighted by atomic mass is 19.1. The minimum atomic E-state index is -0.482. The van der Waals surface area contributed by atoms with Gasteiger partial charge in [0.15, 0.2) is 5.78 Å². The van der Waals surface area contributed by atoms with Gasteiger partial charge in [0.1, 0.15) is 24.0 Å². The molecule has 0 unspecified atom stereocenters. The lowest BCUT2D eigenvalue weighted by Gasteiger charge is -2.38. The summed E-state index contributed by atoms with van der Waals surface area (Å²) in [5, 5.41) is 3.35. The van der Waals surface area contributed by atoms with E-state index in [-0.39, 0.29) is 30.1 Å². The summed E-state index contributed by atoms with van der Waals surface area (Å²) in [7, 11) is 1.89. The number of anilines is 1. The number of hydrogen-bond donors (Lipinski definition) is 1. The standard InChI is InChI=1S/C21H16F2N4O/c1-27-7-6-24-21(27)18-19(11-2-4-12(22)5-3-11)26-15-9-13(23)8-14-16(28)10-25-20(18)17(14)15/h2-9,18-19,26H,10H2,1H3/t18-,19-/m1/s1. The third kappa shape index (κ3) is 2.46. The summed E-state index contributed by atoms with van der Waals surface area (Å²) in [6, 6.07) is 8.49. The van der Waals surface area contributed by atoms with Crippen LogP contribution in [0.1, 0.15) is 39.3 Å². The minimum absolute atomic E-state index is 0.0255. The summed E-state index contributed by atoms with van der Waals surface area (Å²) in [4.78, 5) is 21.4. The summed E-state index contributed by atoms with van der Waals surface area (Å²) in [6.07, 6.45) is 3.54. The zero-order chi connectivity index (χ0) is 19.4. The molecule has 0 saturated heterocycles. The van der Waals surface area contributed by atoms with Crippen LogP contribution in [0.4, 0.5) is 14.5 Å². The summed E-state index contributed by atoms with van der Waals surface area (Å²) >= 11 is 0. The van der Waals surface area contributed by atoms with Crippen molar-refractivity contribution in [2.24, 2.45) is 12.0 Å². The van der Waals surface area contributed by atoms with Crippen molar-refractivity contribution in [2.75, 3.05) is 11.9 Å². The topological polar surface area (TPSA) is 59.3 Å². The molecule has 5 rings (SSSR count). The van der Waals surface area contributed by atoms with Crippen molar-refractivity contribution in [3.05, 3.63) is 82.9 Å². The lowest BCUT2D eigenvalue weighted by atomic mass is 9.78. The maximum atomic E-state index is 14.2. The summed E-state index contributed by atoms with van der Waals surface area (Å²) < 4.78 is 29.6. The van der Waals surface area contributed by atoms with Crippen molar-refractivity contribution in [2.45, 2.75) is 12.0 Å². The third-order valence-electron chi connectivity index (χ3n) is 5.36. The van der Waals surface area contributed by atoms with Crippen LogP contribution in [0.15, 0.2) is 53.8 Å². The second kappa shape index (κ2) is 6.09. The highest BCUT2D eigenvalue weighted by Crippen LogP contribution is 2.44. The van der Waals surface area contributed by atoms with Gasteiger partial charge < -0.3 is 9.88 Å². The molecular formula is C21H16F2N4O. The Morgan fingerprint density at radius 2 is 1.93 bits per heavy atom. The molecule has 0 saturated carbocycles. The zero-order valence-corrected chi connectivity index (χ0v) is 15.0. The van der Waals surface area contributed by atoms with Gasteiger partial charge in [-0.3, -0.25) is 9.79 Å². The Kier molecular flexibility index (Phi) is 3.65. The number of ketones is 1. The molecule has 0 amide bonds. The van der Waals surface area contributed by atoms with Crippen molar-refractivity contribution in [3.8, 4) is 0 Å². The molecule has 3 heterocycles. The lowest BCUT2D eigenvalue weighted by Crippen LogP contribution is -2.37. The van der Waals surface area contributed by atoms with E-state index in [4.69, 9.17) is 0 Å². The van der Waals surface area contributed by atoms with Crippen molar-refractivity contribution in [1.82, 2.24) is 9.55 Å². The van der Waals surface area contributed by atoms with Crippen LogP contribution in [-0.2, 0) is 7.05 Å². The minimum Gasteiger partial charge on any atom is -0.376 e. The van der Waals surface area contributed by atoms with Crippen LogP contribution < -0.4 is 5.32 Å². The van der Waals surface area contributed by atoms with Crippen LogP contribution in [0.25, 0.3) is 0 Å². The Bertz CT molecular complexity index is 1130. The number of aromatic nitrogens is 2. The third-order valence-corrected chi connectivity index (χ3v) is 5.36. The molecule has 0 spiro atoms. The van der Waals surface area contributed by atoms with E-state index in [9.17, 15) is 13.6 Å². The number of Topliss-reactive ketones (excluding diaryl/α,β-unsaturated/α-hetero) is 1. The highest BCUT2D eigenvalue weighted by molar-refractivity contribution is 6.21. The lowest BCUT2D eigenvalue weighted by molar-refractivity contribution is 0.0999. The fourth-order valence-electron chi connectivity index (χ4n) is 4.09. The Morgan fingerprint density at radius 1 is 1.14 bits per heavy atom. The normalized spacial score (nSPS) is 20.4. The maximum Gasteiger partial charge on any atom is 0.185 e. The first-order chi connectivity index (χ1) is 13.5. The van der Waals surface area contributed by atoms with Gasteiger partial charge in [0.05, 0.1) is 17.7 Å². The van der Waals surface area contributed by atoms with Gasteiger partial charge in [0.2, 0.25) is 0 Å². The zero-order valence-electron chi connectivity index (χ0n) is 15.0. The molecule has 2 aliphatic heterocycles. The monoisotopic (exact) mass is 378 g/mol. The van der Waals surface area contributed by atoms with E-state index in [1.54, 1.807) is 18.3 Å². The molecule has 1 N–H and O–H groups in total. The average molecular weight is 378 g/mol. The predicted octanol–water partition coefficient (Wildman–Crippen LogP) is 3.63. The van der Waals surface area contributed by atoms with E-state index in [1.807, 2.05) is 17.8 Å². The smallest absolute Gasteiger partial charge is 0.185 e. The van der Waals surface area contributed by atoms with Gasteiger partial charge >= 0.3 is 0 Å². The van der Waals surface area contributed by atoms with Crippen LogP contribution in [0, 0.1) is 11.6 Å². The number of imidazole rings is 1. The van der Waals surface area contributed by atoms with E-state index in [0.717, 1.165) is 11.4 Å². The number of hydrogen-bond acceptors (Lipinski definition) is 4. The molecule has 0 aliphatic carbocycles. The molecule has 2 atom stereocenters. The number of carbonyl (C=O) groups is 1. The number of nitrogens with zero attached hydrogens (tertiary/aromatic N) is 3. The molecule has 0 radical (unpaired) electrons. The van der Waals surface area contributed by atoms with Crippen molar-refractivity contribution in [3.63, 3.8) is 0 Å². The largest absolute Gasteiger partial charge is 0.376 e. The summed E-state index contributed by atoms with van der Waals surface area (Å²) in [6.45, 7) is -0.0255. The first-order valence-electron chi connectivity index (χ1n) is 8.93. The van der Waals surface area contributed by atoms with Gasteiger partial charge in [-0.05, 0) is 29.8 Å². The van der Waals surface area contributed by atoms with Crippen molar-refractivity contribution < 1.29 is 13.6 Å². The number of aliphatic imine (C=N–C) groups is 1. The van der Waals surface area contributed by atoms with Crippen molar-refractivity contribution >= 4 is 17.2 Å². The Hall–Kier alpha value is -3.35. The molecule has 140 valence electrons. The van der Waals surface area contributed by atoms with Gasteiger partial charge in [-0.15, -0.1) is 0 Å². The first kappa shape index (κ1) is 16.8. The molecular weight excluding hydrogens is 362 g/mol. The number of rotatable bonds is 2. The maximum absolute atomic E-state index is 14.2. The molecule has 1 aromatic heterocycles. The number of benzene rings is 2. The number of carbonyl (C=O) groups excluding carboxylic acids is 1. The molecule has 2 aromatic carbocycles. The number of aryl methyl sites for hydroxylation is 1. The molecule has 0 bridgehead atoms. The predicted molar refractivity (Wildman–Crippen MR) is 101 cm³/mol. The van der Waals surface area contributed by atoms with Crippen LogP contribution in [0.2, 0.25) is 0 Å². The van der Waals surface area contributed by atoms with E-state index in [2.05, 4.69) is 15.3 Å². The molecule has 3 aromatic rings. The Labute approximate surface area is 159 Å². The number of halogens is 2. The summed E-state index contributed by atoms with van der Waals surface area (Å²) in [5.41, 5.74) is 3.01. The second-order valence-corrected chi connectivity index (χ2v) is 7.05. The van der Waals surface area contributed by atoms with Gasteiger partial charge in [0.25, 0.3) is 0 Å². The Balaban J connectivity index is 1.76. The molecule has 5 nitrogen and oxygen atoms in total. The van der Waals surface area contributed by atoms with Crippen LogP contribution in [-0.4, -0.2) is 27.6 Å². The van der Waals surface area contributed by atoms with E-state index in [0.29, 0.717) is 22.5 Å². The molecule has 0 fully saturated rings. The van der Waals surface area contributed by atoms with E-state index < -0.39 is 5.82 Å². The quantitative estimate of drug-likeness (QED) is 0.741. The highest BCUT2D eigenvalue weighted by Gasteiger charge is 2.41. The van der Waals surface area contributed by atoms with E-state index >= 15 is 0 Å². The molecule has 28 heavy (non-hydrogen) atoms. The van der Waals surface area contributed by atoms with Gasteiger partial charge in [-0.1, -0.05) is 12.1 Å². The van der Waals surface area contributed by atoms with Crippen LogP contribution in [0.5, 0.6) is 0 Å². The fourth-order valence-corrected chi connectivity index (χ4v) is 4.09. The van der Waals surface area contributed by atoms with Crippen molar-refractivity contribution in [1.29, 1.82) is 0 Å². The first-order valence-corrected chi connectivity index (χ1v) is 8.93. The summed E-state index contributed by atoms with van der Waals surface area (Å²) in [5.74, 6) is -0.571. The van der Waals surface area contributed by atoms with Crippen LogP contribution in [0.3, 0.4) is 0 Å². The molecule has 2 aliphatic rings. The van der Waals surface area contributed by atoms with Gasteiger partial charge in [0, 0.05) is 36.3 Å². The molecule has 7 heteroatoms. The van der Waals surface area contributed by atoms with Gasteiger partial charge in [-0.25, -0.2) is 13.8 Å². The van der Waals surface area contributed by atoms with Gasteiger partial charge in [-0.2, -0.15) is 0 Å². The second-order valence-electron chi connectivity index (χ2n) is 7.05. The number of nitrogens with one attached hydrogen (secondary N) is 1. The SMILES string of the molecule is Cn1ccnc1[C@H]1C2=NCC(=O)c3cc(F)cc(c32)N[C@@H]1c1ccc(F)cc1. The van der Waals surface area contributed by atoms with Crippen LogP contribution >= 0.6 is 0 Å².